The molecule has 4 heteroatoms. The highest BCUT2D eigenvalue weighted by atomic mass is 79.9. The lowest BCUT2D eigenvalue weighted by atomic mass is 10.1. The van der Waals surface area contributed by atoms with Gasteiger partial charge in [-0.1, -0.05) is 0 Å². The number of halogens is 1. The lowest BCUT2D eigenvalue weighted by molar-refractivity contribution is 0.726. The van der Waals surface area contributed by atoms with E-state index in [0.717, 1.165) is 15.6 Å². The third-order valence-electron chi connectivity index (χ3n) is 1.85. The van der Waals surface area contributed by atoms with Gasteiger partial charge < -0.3 is 11.5 Å². The zero-order valence-corrected chi connectivity index (χ0v) is 8.51. The molecule has 1 aromatic rings. The number of hydrogen-bond acceptors (Lipinski definition) is 3. The van der Waals surface area contributed by atoms with Crippen LogP contribution in [0.5, 0.6) is 0 Å². The summed E-state index contributed by atoms with van der Waals surface area (Å²) in [6.45, 7) is 2.44. The van der Waals surface area contributed by atoms with Gasteiger partial charge >= 0.3 is 0 Å². The molecule has 0 amide bonds. The number of pyridine rings is 1. The van der Waals surface area contributed by atoms with Crippen LogP contribution in [0.2, 0.25) is 0 Å². The summed E-state index contributed by atoms with van der Waals surface area (Å²) in [5.41, 5.74) is 13.4. The first-order valence-corrected chi connectivity index (χ1v) is 4.51. The lowest BCUT2D eigenvalue weighted by Gasteiger charge is -2.12. The fourth-order valence-electron chi connectivity index (χ4n) is 1.02. The van der Waals surface area contributed by atoms with Crippen LogP contribution in [-0.4, -0.2) is 11.5 Å². The van der Waals surface area contributed by atoms with Crippen molar-refractivity contribution in [2.75, 3.05) is 6.54 Å². The summed E-state index contributed by atoms with van der Waals surface area (Å²) in [6, 6.07) is -0.116. The SMILES string of the molecule is Cc1c(Br)cncc1C(N)CN. The average molecular weight is 230 g/mol. The van der Waals surface area contributed by atoms with Gasteiger partial charge in [-0.05, 0) is 34.0 Å². The van der Waals surface area contributed by atoms with Gasteiger partial charge in [-0.15, -0.1) is 0 Å². The van der Waals surface area contributed by atoms with E-state index in [2.05, 4.69) is 20.9 Å². The van der Waals surface area contributed by atoms with Crippen molar-refractivity contribution in [3.05, 3.63) is 28.0 Å². The van der Waals surface area contributed by atoms with Gasteiger partial charge in [0.25, 0.3) is 0 Å². The Morgan fingerprint density at radius 2 is 2.25 bits per heavy atom. The van der Waals surface area contributed by atoms with Gasteiger partial charge in [0, 0.05) is 29.5 Å². The fourth-order valence-corrected chi connectivity index (χ4v) is 1.36. The third kappa shape index (κ3) is 1.83. The summed E-state index contributed by atoms with van der Waals surface area (Å²) < 4.78 is 0.976. The number of nitrogens with two attached hydrogens (primary N) is 2. The minimum absolute atomic E-state index is 0.116. The van der Waals surface area contributed by atoms with Gasteiger partial charge in [-0.25, -0.2) is 0 Å². The summed E-state index contributed by atoms with van der Waals surface area (Å²) >= 11 is 3.38. The molecule has 3 nitrogen and oxygen atoms in total. The number of nitrogens with zero attached hydrogens (tertiary/aromatic N) is 1. The first-order chi connectivity index (χ1) is 5.66. The first-order valence-electron chi connectivity index (χ1n) is 3.72. The fraction of sp³-hybridized carbons (Fsp3) is 0.375. The van der Waals surface area contributed by atoms with E-state index >= 15 is 0 Å². The molecule has 1 rings (SSSR count). The van der Waals surface area contributed by atoms with Crippen LogP contribution in [0.1, 0.15) is 17.2 Å². The van der Waals surface area contributed by atoms with Crippen molar-refractivity contribution in [1.82, 2.24) is 4.98 Å². The van der Waals surface area contributed by atoms with Crippen LogP contribution in [0.3, 0.4) is 0 Å². The zero-order chi connectivity index (χ0) is 9.14. The maximum Gasteiger partial charge on any atom is 0.0437 e. The Hall–Kier alpha value is -0.450. The third-order valence-corrected chi connectivity index (χ3v) is 2.65. The molecule has 0 saturated heterocycles. The molecule has 1 aromatic heterocycles. The highest BCUT2D eigenvalue weighted by Crippen LogP contribution is 2.21. The van der Waals surface area contributed by atoms with Crippen LogP contribution in [0.4, 0.5) is 0 Å². The van der Waals surface area contributed by atoms with Gasteiger partial charge in [-0.2, -0.15) is 0 Å². The zero-order valence-electron chi connectivity index (χ0n) is 6.92. The summed E-state index contributed by atoms with van der Waals surface area (Å²) in [7, 11) is 0. The van der Waals surface area contributed by atoms with Crippen molar-refractivity contribution in [2.45, 2.75) is 13.0 Å². The number of hydrogen-bond donors (Lipinski definition) is 2. The predicted octanol–water partition coefficient (Wildman–Crippen LogP) is 1.11. The molecular weight excluding hydrogens is 218 g/mol. The quantitative estimate of drug-likeness (QED) is 0.799. The van der Waals surface area contributed by atoms with Gasteiger partial charge in [0.1, 0.15) is 0 Å². The van der Waals surface area contributed by atoms with E-state index < -0.39 is 0 Å². The Kier molecular flexibility index (Phi) is 3.20. The second-order valence-corrected chi connectivity index (χ2v) is 3.53. The first kappa shape index (κ1) is 9.64. The molecular formula is C8H12BrN3. The molecule has 0 spiro atoms. The van der Waals surface area contributed by atoms with Crippen molar-refractivity contribution >= 4 is 15.9 Å². The van der Waals surface area contributed by atoms with Crippen molar-refractivity contribution in [3.63, 3.8) is 0 Å². The average Bonchev–Trinajstić information content (AvgIpc) is 2.08. The monoisotopic (exact) mass is 229 g/mol. The topological polar surface area (TPSA) is 64.9 Å². The predicted molar refractivity (Wildman–Crippen MR) is 52.7 cm³/mol. The van der Waals surface area contributed by atoms with Crippen LogP contribution in [0.25, 0.3) is 0 Å². The van der Waals surface area contributed by atoms with Crippen LogP contribution in [-0.2, 0) is 0 Å². The molecule has 0 aliphatic carbocycles. The minimum Gasteiger partial charge on any atom is -0.329 e. The summed E-state index contributed by atoms with van der Waals surface area (Å²) in [4.78, 5) is 4.03. The van der Waals surface area contributed by atoms with E-state index in [0.29, 0.717) is 6.54 Å². The smallest absolute Gasteiger partial charge is 0.0437 e. The summed E-state index contributed by atoms with van der Waals surface area (Å²) in [5, 5.41) is 0. The number of rotatable bonds is 2. The molecule has 0 fully saturated rings. The molecule has 66 valence electrons. The minimum atomic E-state index is -0.116. The van der Waals surface area contributed by atoms with Crippen LogP contribution < -0.4 is 11.5 Å². The highest BCUT2D eigenvalue weighted by Gasteiger charge is 2.08. The van der Waals surface area contributed by atoms with E-state index in [1.807, 2.05) is 6.92 Å². The van der Waals surface area contributed by atoms with E-state index in [1.54, 1.807) is 12.4 Å². The normalized spacial score (nSPS) is 13.0. The molecule has 1 heterocycles. The lowest BCUT2D eigenvalue weighted by Crippen LogP contribution is -2.21. The molecule has 0 aliphatic heterocycles. The molecule has 0 radical (unpaired) electrons. The molecule has 12 heavy (non-hydrogen) atoms. The molecule has 4 N–H and O–H groups in total. The highest BCUT2D eigenvalue weighted by molar-refractivity contribution is 9.10. The van der Waals surface area contributed by atoms with Crippen molar-refractivity contribution < 1.29 is 0 Å². The van der Waals surface area contributed by atoms with Crippen LogP contribution in [0, 0.1) is 6.92 Å². The summed E-state index contributed by atoms with van der Waals surface area (Å²) in [6.07, 6.45) is 3.51. The maximum atomic E-state index is 5.78. The van der Waals surface area contributed by atoms with Crippen LogP contribution in [0.15, 0.2) is 16.9 Å². The Balaban J connectivity index is 3.07. The Morgan fingerprint density at radius 3 is 2.83 bits per heavy atom. The standard InChI is InChI=1S/C8H12BrN3/c1-5-6(8(11)2-10)3-12-4-7(5)9/h3-4,8H,2,10-11H2,1H3. The second-order valence-electron chi connectivity index (χ2n) is 2.68. The molecule has 0 saturated carbocycles. The van der Waals surface area contributed by atoms with E-state index in [4.69, 9.17) is 11.5 Å². The van der Waals surface area contributed by atoms with E-state index in [-0.39, 0.29) is 6.04 Å². The van der Waals surface area contributed by atoms with E-state index in [9.17, 15) is 0 Å². The van der Waals surface area contributed by atoms with Gasteiger partial charge in [0.15, 0.2) is 0 Å². The molecule has 1 atom stereocenters. The van der Waals surface area contributed by atoms with Crippen molar-refractivity contribution in [3.8, 4) is 0 Å². The largest absolute Gasteiger partial charge is 0.329 e. The summed E-state index contributed by atoms with van der Waals surface area (Å²) in [5.74, 6) is 0. The molecule has 0 aliphatic rings. The molecule has 0 bridgehead atoms. The molecule has 0 aromatic carbocycles. The van der Waals surface area contributed by atoms with Gasteiger partial charge in [0.2, 0.25) is 0 Å². The van der Waals surface area contributed by atoms with Gasteiger partial charge in [-0.3, -0.25) is 4.98 Å². The maximum absolute atomic E-state index is 5.78. The Bertz CT molecular complexity index is 275. The van der Waals surface area contributed by atoms with Crippen molar-refractivity contribution in [2.24, 2.45) is 11.5 Å². The Labute approximate surface area is 80.3 Å². The van der Waals surface area contributed by atoms with Gasteiger partial charge in [0.05, 0.1) is 0 Å². The van der Waals surface area contributed by atoms with Crippen molar-refractivity contribution in [1.29, 1.82) is 0 Å². The number of aromatic nitrogens is 1. The van der Waals surface area contributed by atoms with E-state index in [1.165, 1.54) is 0 Å². The Morgan fingerprint density at radius 1 is 1.58 bits per heavy atom. The van der Waals surface area contributed by atoms with Crippen LogP contribution >= 0.6 is 15.9 Å². The molecule has 1 unspecified atom stereocenters. The second kappa shape index (κ2) is 3.98.